The van der Waals surface area contributed by atoms with Crippen LogP contribution >= 0.6 is 0 Å². The highest BCUT2D eigenvalue weighted by molar-refractivity contribution is 5.94. The van der Waals surface area contributed by atoms with Crippen LogP contribution in [0.25, 0.3) is 0 Å². The summed E-state index contributed by atoms with van der Waals surface area (Å²) in [6, 6.07) is 3.69. The van der Waals surface area contributed by atoms with E-state index < -0.39 is 0 Å². The SMILES string of the molecule is C[C@@H](NC(=O)c1ccc(C2CC2)[nH]c1=O)C1CC1. The van der Waals surface area contributed by atoms with Gasteiger partial charge in [0.15, 0.2) is 0 Å². The van der Waals surface area contributed by atoms with Crippen LogP contribution in [0.15, 0.2) is 16.9 Å². The summed E-state index contributed by atoms with van der Waals surface area (Å²) in [5.41, 5.74) is 0.929. The second kappa shape index (κ2) is 4.26. The van der Waals surface area contributed by atoms with Gasteiger partial charge in [-0.15, -0.1) is 0 Å². The second-order valence-electron chi connectivity index (χ2n) is 5.53. The molecule has 96 valence electrons. The smallest absolute Gasteiger partial charge is 0.261 e. The average Bonchev–Trinajstić information content (AvgIpc) is 3.17. The molecule has 1 heterocycles. The van der Waals surface area contributed by atoms with E-state index in [1.165, 1.54) is 12.8 Å². The minimum Gasteiger partial charge on any atom is -0.349 e. The molecule has 0 saturated heterocycles. The molecule has 0 aliphatic heterocycles. The van der Waals surface area contributed by atoms with E-state index in [4.69, 9.17) is 0 Å². The van der Waals surface area contributed by atoms with Gasteiger partial charge in [0.1, 0.15) is 5.56 Å². The molecule has 1 atom stereocenters. The van der Waals surface area contributed by atoms with Crippen LogP contribution in [0.5, 0.6) is 0 Å². The van der Waals surface area contributed by atoms with E-state index in [0.29, 0.717) is 11.8 Å². The topological polar surface area (TPSA) is 62.0 Å². The summed E-state index contributed by atoms with van der Waals surface area (Å²) in [5, 5.41) is 2.90. The van der Waals surface area contributed by atoms with Crippen LogP contribution in [-0.4, -0.2) is 16.9 Å². The number of amides is 1. The first-order valence-electron chi connectivity index (χ1n) is 6.69. The summed E-state index contributed by atoms with van der Waals surface area (Å²) in [6.45, 7) is 2.00. The third-order valence-electron chi connectivity index (χ3n) is 3.88. The monoisotopic (exact) mass is 246 g/mol. The van der Waals surface area contributed by atoms with Crippen LogP contribution in [-0.2, 0) is 0 Å². The van der Waals surface area contributed by atoms with E-state index >= 15 is 0 Å². The second-order valence-corrected chi connectivity index (χ2v) is 5.53. The first kappa shape index (κ1) is 11.5. The first-order chi connectivity index (χ1) is 8.65. The van der Waals surface area contributed by atoms with Crippen molar-refractivity contribution in [2.24, 2.45) is 5.92 Å². The Bertz CT molecular complexity index is 527. The molecule has 2 aliphatic rings. The Balaban J connectivity index is 1.74. The van der Waals surface area contributed by atoms with E-state index in [0.717, 1.165) is 18.5 Å². The zero-order valence-electron chi connectivity index (χ0n) is 10.5. The van der Waals surface area contributed by atoms with E-state index in [1.54, 1.807) is 6.07 Å². The van der Waals surface area contributed by atoms with Crippen molar-refractivity contribution in [2.75, 3.05) is 0 Å². The summed E-state index contributed by atoms with van der Waals surface area (Å²) in [7, 11) is 0. The van der Waals surface area contributed by atoms with Crippen molar-refractivity contribution in [3.8, 4) is 0 Å². The fourth-order valence-corrected chi connectivity index (χ4v) is 2.30. The Morgan fingerprint density at radius 3 is 2.61 bits per heavy atom. The van der Waals surface area contributed by atoms with Crippen molar-refractivity contribution in [2.45, 2.75) is 44.6 Å². The van der Waals surface area contributed by atoms with Crippen LogP contribution < -0.4 is 10.9 Å². The van der Waals surface area contributed by atoms with Crippen LogP contribution in [0.4, 0.5) is 0 Å². The van der Waals surface area contributed by atoms with Gasteiger partial charge < -0.3 is 10.3 Å². The summed E-state index contributed by atoms with van der Waals surface area (Å²) in [6.07, 6.45) is 4.64. The van der Waals surface area contributed by atoms with Gasteiger partial charge in [-0.05, 0) is 56.6 Å². The van der Waals surface area contributed by atoms with E-state index in [1.807, 2.05) is 13.0 Å². The van der Waals surface area contributed by atoms with Crippen molar-refractivity contribution < 1.29 is 4.79 Å². The van der Waals surface area contributed by atoms with Gasteiger partial charge in [0.2, 0.25) is 0 Å². The number of rotatable bonds is 4. The molecule has 4 heteroatoms. The summed E-state index contributed by atoms with van der Waals surface area (Å²) in [5.74, 6) is 0.844. The van der Waals surface area contributed by atoms with Crippen molar-refractivity contribution in [3.05, 3.63) is 33.7 Å². The molecule has 0 unspecified atom stereocenters. The van der Waals surface area contributed by atoms with E-state index in [9.17, 15) is 9.59 Å². The molecule has 2 fully saturated rings. The third kappa shape index (κ3) is 2.33. The zero-order valence-corrected chi connectivity index (χ0v) is 10.5. The molecule has 1 aromatic rings. The molecular weight excluding hydrogens is 228 g/mol. The number of aromatic nitrogens is 1. The minimum atomic E-state index is -0.264. The molecular formula is C14H18N2O2. The van der Waals surface area contributed by atoms with Gasteiger partial charge in [-0.1, -0.05) is 0 Å². The molecule has 4 nitrogen and oxygen atoms in total. The number of aromatic amines is 1. The number of hydrogen-bond acceptors (Lipinski definition) is 2. The number of carbonyl (C=O) groups excluding carboxylic acids is 1. The van der Waals surface area contributed by atoms with E-state index in [2.05, 4.69) is 10.3 Å². The maximum absolute atomic E-state index is 12.0. The van der Waals surface area contributed by atoms with Crippen LogP contribution in [0.2, 0.25) is 0 Å². The largest absolute Gasteiger partial charge is 0.349 e. The zero-order chi connectivity index (χ0) is 12.7. The van der Waals surface area contributed by atoms with Gasteiger partial charge >= 0.3 is 0 Å². The molecule has 1 amide bonds. The highest BCUT2D eigenvalue weighted by atomic mass is 16.2. The van der Waals surface area contributed by atoms with Crippen molar-refractivity contribution >= 4 is 5.91 Å². The Morgan fingerprint density at radius 1 is 1.33 bits per heavy atom. The van der Waals surface area contributed by atoms with E-state index in [-0.39, 0.29) is 23.1 Å². The fourth-order valence-electron chi connectivity index (χ4n) is 2.30. The number of pyridine rings is 1. The van der Waals surface area contributed by atoms with Crippen LogP contribution in [0, 0.1) is 5.92 Å². The lowest BCUT2D eigenvalue weighted by atomic mass is 10.1. The van der Waals surface area contributed by atoms with Gasteiger partial charge in [0.25, 0.3) is 11.5 Å². The fraction of sp³-hybridized carbons (Fsp3) is 0.571. The predicted molar refractivity (Wildman–Crippen MR) is 68.7 cm³/mol. The standard InChI is InChI=1S/C14H18N2O2/c1-8(9-2-3-9)15-13(17)11-6-7-12(10-4-5-10)16-14(11)18/h6-10H,2-5H2,1H3,(H,15,17)(H,16,18)/t8-/m1/s1. The Kier molecular flexibility index (Phi) is 2.73. The molecule has 2 saturated carbocycles. The van der Waals surface area contributed by atoms with Crippen molar-refractivity contribution in [1.82, 2.24) is 10.3 Å². The number of hydrogen-bond donors (Lipinski definition) is 2. The molecule has 0 bridgehead atoms. The molecule has 0 aromatic carbocycles. The van der Waals surface area contributed by atoms with Gasteiger partial charge in [0, 0.05) is 11.7 Å². The summed E-state index contributed by atoms with van der Waals surface area (Å²) < 4.78 is 0. The van der Waals surface area contributed by atoms with Gasteiger partial charge in [-0.2, -0.15) is 0 Å². The van der Waals surface area contributed by atoms with Gasteiger partial charge in [-0.3, -0.25) is 9.59 Å². The molecule has 2 N–H and O–H groups in total. The number of H-pyrrole nitrogens is 1. The highest BCUT2D eigenvalue weighted by Crippen LogP contribution is 2.38. The Morgan fingerprint density at radius 2 is 2.06 bits per heavy atom. The minimum absolute atomic E-state index is 0.167. The molecule has 3 rings (SSSR count). The van der Waals surface area contributed by atoms with Crippen molar-refractivity contribution in [3.63, 3.8) is 0 Å². The molecule has 0 radical (unpaired) electrons. The summed E-state index contributed by atoms with van der Waals surface area (Å²) in [4.78, 5) is 26.7. The Labute approximate surface area is 106 Å². The maximum Gasteiger partial charge on any atom is 0.261 e. The van der Waals surface area contributed by atoms with Crippen LogP contribution in [0.3, 0.4) is 0 Å². The molecule has 18 heavy (non-hydrogen) atoms. The lowest BCUT2D eigenvalue weighted by Crippen LogP contribution is -2.37. The quantitative estimate of drug-likeness (QED) is 0.850. The number of carbonyl (C=O) groups is 1. The predicted octanol–water partition coefficient (Wildman–Crippen LogP) is 1.78. The molecule has 2 aliphatic carbocycles. The Hall–Kier alpha value is -1.58. The normalized spacial score (nSPS) is 20.5. The van der Waals surface area contributed by atoms with Crippen molar-refractivity contribution in [1.29, 1.82) is 0 Å². The molecule has 0 spiro atoms. The first-order valence-corrected chi connectivity index (χ1v) is 6.69. The lowest BCUT2D eigenvalue weighted by Gasteiger charge is -2.12. The molecule has 1 aromatic heterocycles. The summed E-state index contributed by atoms with van der Waals surface area (Å²) >= 11 is 0. The lowest BCUT2D eigenvalue weighted by molar-refractivity contribution is 0.0934. The number of nitrogens with one attached hydrogen (secondary N) is 2. The third-order valence-corrected chi connectivity index (χ3v) is 3.88. The van der Waals surface area contributed by atoms with Gasteiger partial charge in [0.05, 0.1) is 0 Å². The van der Waals surface area contributed by atoms with Crippen LogP contribution in [0.1, 0.15) is 54.6 Å². The maximum atomic E-state index is 12.0. The highest BCUT2D eigenvalue weighted by Gasteiger charge is 2.30. The van der Waals surface area contributed by atoms with Gasteiger partial charge in [-0.25, -0.2) is 0 Å². The average molecular weight is 246 g/mol.